The fourth-order valence-electron chi connectivity index (χ4n) is 2.14. The Balaban J connectivity index is 0.00000364. The molecule has 2 aromatic rings. The van der Waals surface area contributed by atoms with Gasteiger partial charge in [0.05, 0.1) is 19.3 Å². The molecular formula is C19H28IN5O2. The Morgan fingerprint density at radius 2 is 1.81 bits per heavy atom. The van der Waals surface area contributed by atoms with E-state index < -0.39 is 0 Å². The maximum Gasteiger partial charge on any atom is 0.239 e. The van der Waals surface area contributed by atoms with Crippen LogP contribution in [0.4, 0.5) is 0 Å². The van der Waals surface area contributed by atoms with Crippen LogP contribution in [0.5, 0.6) is 0 Å². The van der Waals surface area contributed by atoms with Gasteiger partial charge in [-0.15, -0.1) is 24.0 Å². The van der Waals surface area contributed by atoms with Gasteiger partial charge in [-0.2, -0.15) is 0 Å². The van der Waals surface area contributed by atoms with Gasteiger partial charge in [0.1, 0.15) is 5.76 Å². The number of amides is 1. The Morgan fingerprint density at radius 3 is 2.41 bits per heavy atom. The summed E-state index contributed by atoms with van der Waals surface area (Å²) in [5.41, 5.74) is 0.976. The summed E-state index contributed by atoms with van der Waals surface area (Å²) in [6, 6.07) is 9.77. The summed E-state index contributed by atoms with van der Waals surface area (Å²) in [6.45, 7) is 7.23. The maximum atomic E-state index is 11.9. The molecule has 0 saturated heterocycles. The normalized spacial score (nSPS) is 11.5. The minimum Gasteiger partial charge on any atom is -0.443 e. The summed E-state index contributed by atoms with van der Waals surface area (Å²) in [7, 11) is 1.65. The first-order valence-corrected chi connectivity index (χ1v) is 8.59. The highest BCUT2D eigenvalue weighted by Crippen LogP contribution is 2.22. The summed E-state index contributed by atoms with van der Waals surface area (Å²) in [5, 5.41) is 8.91. The first-order valence-electron chi connectivity index (χ1n) is 8.59. The molecule has 0 aliphatic heterocycles. The standard InChI is InChI=1S/C19H27N5O2.HI/c1-19(2,3)15-11-22-17(26-15)13-24-18(20-4)23-12-16(25)21-10-14-8-6-5-7-9-14;/h5-9,11H,10,12-13H2,1-4H3,(H,21,25)(H2,20,23,24);1H. The van der Waals surface area contributed by atoms with E-state index in [-0.39, 0.29) is 41.8 Å². The number of hydrogen-bond donors (Lipinski definition) is 3. The Morgan fingerprint density at radius 1 is 1.11 bits per heavy atom. The van der Waals surface area contributed by atoms with Gasteiger partial charge in [-0.25, -0.2) is 4.98 Å². The van der Waals surface area contributed by atoms with Crippen molar-refractivity contribution in [3.63, 3.8) is 0 Å². The Labute approximate surface area is 177 Å². The van der Waals surface area contributed by atoms with Crippen LogP contribution < -0.4 is 16.0 Å². The molecule has 1 amide bonds. The highest BCUT2D eigenvalue weighted by molar-refractivity contribution is 14.0. The Bertz CT molecular complexity index is 738. The van der Waals surface area contributed by atoms with E-state index in [1.165, 1.54) is 0 Å². The van der Waals surface area contributed by atoms with Gasteiger partial charge in [0, 0.05) is 19.0 Å². The van der Waals surface area contributed by atoms with E-state index >= 15 is 0 Å². The van der Waals surface area contributed by atoms with Crippen molar-refractivity contribution in [3.05, 3.63) is 53.7 Å². The lowest BCUT2D eigenvalue weighted by Gasteiger charge is -2.13. The molecule has 0 aliphatic rings. The van der Waals surface area contributed by atoms with Crippen LogP contribution in [0.25, 0.3) is 0 Å². The number of aromatic nitrogens is 1. The molecule has 0 radical (unpaired) electrons. The average molecular weight is 485 g/mol. The predicted molar refractivity (Wildman–Crippen MR) is 117 cm³/mol. The van der Waals surface area contributed by atoms with E-state index in [1.807, 2.05) is 30.3 Å². The zero-order chi connectivity index (χ0) is 19.0. The van der Waals surface area contributed by atoms with Gasteiger partial charge < -0.3 is 20.4 Å². The smallest absolute Gasteiger partial charge is 0.239 e. The second-order valence-electron chi connectivity index (χ2n) is 6.91. The molecule has 8 heteroatoms. The number of rotatable bonds is 6. The monoisotopic (exact) mass is 485 g/mol. The van der Waals surface area contributed by atoms with E-state index in [4.69, 9.17) is 4.42 Å². The molecule has 0 aliphatic carbocycles. The summed E-state index contributed by atoms with van der Waals surface area (Å²) in [4.78, 5) is 20.3. The SMILES string of the molecule is CN=C(NCC(=O)NCc1ccccc1)NCc1ncc(C(C)(C)C)o1.I. The fraction of sp³-hybridized carbons (Fsp3) is 0.421. The van der Waals surface area contributed by atoms with Gasteiger partial charge in [-0.05, 0) is 5.56 Å². The summed E-state index contributed by atoms with van der Waals surface area (Å²) < 4.78 is 5.72. The molecule has 27 heavy (non-hydrogen) atoms. The number of guanidine groups is 1. The largest absolute Gasteiger partial charge is 0.443 e. The topological polar surface area (TPSA) is 91.5 Å². The lowest BCUT2D eigenvalue weighted by molar-refractivity contribution is -0.120. The van der Waals surface area contributed by atoms with Crippen LogP contribution >= 0.6 is 24.0 Å². The quantitative estimate of drug-likeness (QED) is 0.333. The summed E-state index contributed by atoms with van der Waals surface area (Å²) in [5.74, 6) is 1.81. The van der Waals surface area contributed by atoms with Gasteiger partial charge >= 0.3 is 0 Å². The lowest BCUT2D eigenvalue weighted by Crippen LogP contribution is -2.42. The van der Waals surface area contributed by atoms with E-state index in [1.54, 1.807) is 13.2 Å². The molecule has 148 valence electrons. The van der Waals surface area contributed by atoms with Gasteiger partial charge in [0.15, 0.2) is 5.96 Å². The second kappa shape index (κ2) is 10.9. The van der Waals surface area contributed by atoms with Crippen molar-refractivity contribution < 1.29 is 9.21 Å². The number of halogens is 1. The number of aliphatic imine (C=N–C) groups is 1. The van der Waals surface area contributed by atoms with E-state index in [2.05, 4.69) is 46.7 Å². The molecule has 3 N–H and O–H groups in total. The van der Waals surface area contributed by atoms with Crippen LogP contribution in [0.3, 0.4) is 0 Å². The van der Waals surface area contributed by atoms with Crippen molar-refractivity contribution in [2.24, 2.45) is 4.99 Å². The third kappa shape index (κ3) is 7.98. The molecule has 1 aromatic carbocycles. The summed E-state index contributed by atoms with van der Waals surface area (Å²) in [6.07, 6.45) is 1.74. The van der Waals surface area contributed by atoms with Crippen molar-refractivity contribution in [2.75, 3.05) is 13.6 Å². The highest BCUT2D eigenvalue weighted by atomic mass is 127. The number of carbonyl (C=O) groups excluding carboxylic acids is 1. The predicted octanol–water partition coefficient (Wildman–Crippen LogP) is 2.57. The number of benzene rings is 1. The van der Waals surface area contributed by atoms with Crippen molar-refractivity contribution >= 4 is 35.8 Å². The highest BCUT2D eigenvalue weighted by Gasteiger charge is 2.19. The van der Waals surface area contributed by atoms with Gasteiger partial charge in [-0.1, -0.05) is 51.1 Å². The molecule has 1 aromatic heterocycles. The average Bonchev–Trinajstić information content (AvgIpc) is 3.10. The zero-order valence-corrected chi connectivity index (χ0v) is 18.5. The third-order valence-electron chi connectivity index (χ3n) is 3.67. The van der Waals surface area contributed by atoms with Crippen molar-refractivity contribution in [1.29, 1.82) is 0 Å². The van der Waals surface area contributed by atoms with E-state index in [0.717, 1.165) is 11.3 Å². The van der Waals surface area contributed by atoms with Crippen LogP contribution in [0.2, 0.25) is 0 Å². The first kappa shape index (κ1) is 22.9. The van der Waals surface area contributed by atoms with Crippen molar-refractivity contribution in [1.82, 2.24) is 20.9 Å². The molecular weight excluding hydrogens is 457 g/mol. The fourth-order valence-corrected chi connectivity index (χ4v) is 2.14. The minimum atomic E-state index is -0.108. The molecule has 1 heterocycles. The number of nitrogens with zero attached hydrogens (tertiary/aromatic N) is 2. The summed E-state index contributed by atoms with van der Waals surface area (Å²) >= 11 is 0. The second-order valence-corrected chi connectivity index (χ2v) is 6.91. The Hall–Kier alpha value is -2.10. The molecule has 0 bridgehead atoms. The number of hydrogen-bond acceptors (Lipinski definition) is 4. The molecule has 0 spiro atoms. The molecule has 0 fully saturated rings. The van der Waals surface area contributed by atoms with Crippen LogP contribution in [0.1, 0.15) is 38.0 Å². The lowest BCUT2D eigenvalue weighted by atomic mass is 9.94. The zero-order valence-electron chi connectivity index (χ0n) is 16.2. The number of nitrogens with one attached hydrogen (secondary N) is 3. The van der Waals surface area contributed by atoms with Gasteiger partial charge in [-0.3, -0.25) is 9.79 Å². The molecule has 0 unspecified atom stereocenters. The van der Waals surface area contributed by atoms with Gasteiger partial charge in [0.2, 0.25) is 11.8 Å². The van der Waals surface area contributed by atoms with Crippen molar-refractivity contribution in [2.45, 2.75) is 39.3 Å². The molecule has 7 nitrogen and oxygen atoms in total. The van der Waals surface area contributed by atoms with Crippen molar-refractivity contribution in [3.8, 4) is 0 Å². The number of oxazole rings is 1. The van der Waals surface area contributed by atoms with Crippen LogP contribution in [0, 0.1) is 0 Å². The Kier molecular flexibility index (Phi) is 9.27. The number of carbonyl (C=O) groups is 1. The minimum absolute atomic E-state index is 0. The molecule has 0 saturated carbocycles. The van der Waals surface area contributed by atoms with E-state index in [0.29, 0.717) is 24.9 Å². The first-order chi connectivity index (χ1) is 12.4. The van der Waals surface area contributed by atoms with Crippen LogP contribution in [-0.4, -0.2) is 30.4 Å². The molecule has 0 atom stereocenters. The van der Waals surface area contributed by atoms with E-state index in [9.17, 15) is 4.79 Å². The van der Waals surface area contributed by atoms with Crippen LogP contribution in [0.15, 0.2) is 45.9 Å². The van der Waals surface area contributed by atoms with Gasteiger partial charge in [0.25, 0.3) is 0 Å². The van der Waals surface area contributed by atoms with Crippen LogP contribution in [-0.2, 0) is 23.3 Å². The third-order valence-corrected chi connectivity index (χ3v) is 3.67. The molecule has 2 rings (SSSR count). The maximum absolute atomic E-state index is 11.9.